The van der Waals surface area contributed by atoms with Gasteiger partial charge in [0.1, 0.15) is 11.6 Å². The predicted molar refractivity (Wildman–Crippen MR) is 250 cm³/mol. The normalized spacial score (nSPS) is 14.5. The minimum atomic E-state index is -0.952. The lowest BCUT2D eigenvalue weighted by atomic mass is 9.95. The van der Waals surface area contributed by atoms with Crippen molar-refractivity contribution in [3.63, 3.8) is 0 Å². The number of H-pyrrole nitrogens is 2. The number of hydrogen-bond donors (Lipinski definition) is 3. The molecule has 2 saturated heterocycles. The zero-order valence-electron chi connectivity index (χ0n) is 35.9. The number of fused-ring (bicyclic) bond motifs is 2. The Bertz CT molecular complexity index is 2970. The number of carbonyl (C=O) groups excluding carboxylic acids is 3. The van der Waals surface area contributed by atoms with E-state index in [0.29, 0.717) is 42.9 Å². The minimum Gasteiger partial charge on any atom is -0.478 e. The third-order valence-corrected chi connectivity index (χ3v) is 12.5. The van der Waals surface area contributed by atoms with Gasteiger partial charge in [0.25, 0.3) is 11.8 Å². The molecule has 2 amide bonds. The van der Waals surface area contributed by atoms with E-state index in [4.69, 9.17) is 9.72 Å². The number of carbonyl (C=O) groups is 4. The summed E-state index contributed by atoms with van der Waals surface area (Å²) in [4.78, 5) is 68.8. The number of imidazole rings is 2. The second kappa shape index (κ2) is 18.9. The largest absolute Gasteiger partial charge is 0.478 e. The van der Waals surface area contributed by atoms with Gasteiger partial charge in [0, 0.05) is 49.1 Å². The van der Waals surface area contributed by atoms with Gasteiger partial charge in [0.05, 0.1) is 40.3 Å². The molecular weight excluding hydrogens is 817 g/mol. The van der Waals surface area contributed by atoms with Crippen LogP contribution in [0.5, 0.6) is 0 Å². The number of benzene rings is 6. The molecule has 0 aliphatic carbocycles. The van der Waals surface area contributed by atoms with Crippen molar-refractivity contribution in [1.29, 1.82) is 0 Å². The van der Waals surface area contributed by atoms with Gasteiger partial charge in [-0.05, 0) is 109 Å². The van der Waals surface area contributed by atoms with Crippen LogP contribution in [0.1, 0.15) is 90.6 Å². The highest BCUT2D eigenvalue weighted by Gasteiger charge is 2.28. The van der Waals surface area contributed by atoms with Crippen LogP contribution in [0.25, 0.3) is 44.3 Å². The van der Waals surface area contributed by atoms with Gasteiger partial charge in [-0.25, -0.2) is 19.6 Å². The summed E-state index contributed by atoms with van der Waals surface area (Å²) >= 11 is 0. The van der Waals surface area contributed by atoms with Gasteiger partial charge in [-0.15, -0.1) is 0 Å². The number of piperidine rings is 2. The number of carboxylic acid groups (broad SMARTS) is 1. The standard InChI is InChI=1S/C27H25N3O3.C26H23N3O3/c1-33-27(32)22-11-12-23-24(17-22)29-25(28-23)20-13-15-30(16-14-20)26(31)21-9-7-19(8-10-21)18-5-3-2-4-6-18;30-25(20-8-6-18(7-9-20)17-4-2-1-3-5-17)29-14-12-19(13-15-29)24-27-22-11-10-21(26(31)32)16-23(22)28-24/h2-12,17,20H,13-16H2,1H3,(H,28,29);1-11,16,19H,12-15H2,(H,27,28)(H,31,32). The van der Waals surface area contributed by atoms with Crippen molar-refractivity contribution in [2.45, 2.75) is 37.5 Å². The lowest BCUT2D eigenvalue weighted by Crippen LogP contribution is -2.38. The van der Waals surface area contributed by atoms with Crippen LogP contribution < -0.4 is 0 Å². The van der Waals surface area contributed by atoms with Crippen LogP contribution in [-0.2, 0) is 4.74 Å². The van der Waals surface area contributed by atoms with Crippen LogP contribution in [-0.4, -0.2) is 91.9 Å². The van der Waals surface area contributed by atoms with E-state index in [1.54, 1.807) is 30.3 Å². The Morgan fingerprint density at radius 2 is 0.877 bits per heavy atom. The van der Waals surface area contributed by atoms with E-state index in [1.807, 2.05) is 101 Å². The van der Waals surface area contributed by atoms with Crippen LogP contribution in [0.2, 0.25) is 0 Å². The molecule has 2 aromatic heterocycles. The molecule has 2 aliphatic heterocycles. The number of nitrogens with zero attached hydrogens (tertiary/aromatic N) is 4. The lowest BCUT2D eigenvalue weighted by Gasteiger charge is -2.31. The number of aromatic carboxylic acids is 1. The van der Waals surface area contributed by atoms with Gasteiger partial charge in [0.2, 0.25) is 0 Å². The first-order chi connectivity index (χ1) is 31.7. The van der Waals surface area contributed by atoms with Crippen LogP contribution in [0.3, 0.4) is 0 Å². The number of likely N-dealkylation sites (tertiary alicyclic amines) is 2. The number of carboxylic acids is 1. The molecule has 4 heterocycles. The molecule has 0 unspecified atom stereocenters. The zero-order chi connectivity index (χ0) is 44.9. The van der Waals surface area contributed by atoms with Gasteiger partial charge in [-0.1, -0.05) is 84.9 Å². The minimum absolute atomic E-state index is 0.0544. The van der Waals surface area contributed by atoms with E-state index in [0.717, 1.165) is 81.7 Å². The Morgan fingerprint density at radius 1 is 0.508 bits per heavy atom. The summed E-state index contributed by atoms with van der Waals surface area (Å²) < 4.78 is 4.80. The number of hydrogen-bond acceptors (Lipinski definition) is 7. The molecule has 0 saturated carbocycles. The van der Waals surface area contributed by atoms with E-state index in [-0.39, 0.29) is 35.2 Å². The van der Waals surface area contributed by atoms with Gasteiger partial charge >= 0.3 is 11.9 Å². The number of esters is 1. The number of aromatic nitrogens is 4. The molecule has 0 radical (unpaired) electrons. The van der Waals surface area contributed by atoms with Crippen molar-refractivity contribution in [3.05, 3.63) is 179 Å². The number of rotatable bonds is 8. The first-order valence-electron chi connectivity index (χ1n) is 21.9. The molecule has 326 valence electrons. The summed E-state index contributed by atoms with van der Waals surface area (Å²) in [5.74, 6) is 1.05. The zero-order valence-corrected chi connectivity index (χ0v) is 35.9. The Labute approximate surface area is 375 Å². The van der Waals surface area contributed by atoms with E-state index >= 15 is 0 Å². The number of ether oxygens (including phenoxy) is 1. The summed E-state index contributed by atoms with van der Waals surface area (Å²) in [5.41, 5.74) is 9.78. The highest BCUT2D eigenvalue weighted by Crippen LogP contribution is 2.31. The molecule has 0 bridgehead atoms. The molecule has 10 rings (SSSR count). The van der Waals surface area contributed by atoms with Crippen LogP contribution in [0, 0.1) is 0 Å². The highest BCUT2D eigenvalue weighted by molar-refractivity contribution is 5.96. The maximum atomic E-state index is 13.0. The van der Waals surface area contributed by atoms with Crippen molar-refractivity contribution < 1.29 is 29.0 Å². The van der Waals surface area contributed by atoms with Crippen LogP contribution in [0.15, 0.2) is 146 Å². The molecule has 12 heteroatoms. The van der Waals surface area contributed by atoms with Crippen LogP contribution in [0.4, 0.5) is 0 Å². The average molecular weight is 865 g/mol. The van der Waals surface area contributed by atoms with Crippen molar-refractivity contribution >= 4 is 45.8 Å². The fraction of sp³-hybridized carbons (Fsp3) is 0.208. The topological polar surface area (TPSA) is 162 Å². The molecular formula is C53H48N6O6. The average Bonchev–Trinajstić information content (AvgIpc) is 4.01. The first-order valence-corrected chi connectivity index (χ1v) is 21.9. The number of nitrogens with one attached hydrogen (secondary N) is 2. The molecule has 2 fully saturated rings. The Morgan fingerprint density at radius 3 is 1.28 bits per heavy atom. The Balaban J connectivity index is 0.000000164. The molecule has 8 aromatic rings. The summed E-state index contributed by atoms with van der Waals surface area (Å²) in [6.07, 6.45) is 3.33. The quantitative estimate of drug-likeness (QED) is 0.127. The Kier molecular flexibility index (Phi) is 12.3. The monoisotopic (exact) mass is 864 g/mol. The lowest BCUT2D eigenvalue weighted by molar-refractivity contribution is 0.0599. The number of methoxy groups -OCH3 is 1. The molecule has 6 aromatic carbocycles. The maximum absolute atomic E-state index is 13.0. The molecule has 3 N–H and O–H groups in total. The SMILES string of the molecule is COC(=O)c1ccc2nc(C3CCN(C(=O)c4ccc(-c5ccccc5)cc4)CC3)[nH]c2c1.O=C(O)c1ccc2nc(C3CCN(C(=O)c4ccc(-c5ccccc5)cc4)CC3)[nH]c2c1. The van der Waals surface area contributed by atoms with E-state index < -0.39 is 5.97 Å². The highest BCUT2D eigenvalue weighted by atomic mass is 16.5. The first kappa shape index (κ1) is 42.4. The smallest absolute Gasteiger partial charge is 0.337 e. The second-order valence-corrected chi connectivity index (χ2v) is 16.5. The second-order valence-electron chi connectivity index (χ2n) is 16.5. The predicted octanol–water partition coefficient (Wildman–Crippen LogP) is 9.98. The number of amides is 2. The van der Waals surface area contributed by atoms with Crippen molar-refractivity contribution in [2.75, 3.05) is 33.3 Å². The van der Waals surface area contributed by atoms with E-state index in [1.165, 1.54) is 7.11 Å². The van der Waals surface area contributed by atoms with Gasteiger partial charge in [-0.2, -0.15) is 0 Å². The van der Waals surface area contributed by atoms with Gasteiger partial charge < -0.3 is 29.6 Å². The summed E-state index contributed by atoms with van der Waals surface area (Å²) in [6, 6.07) is 46.1. The van der Waals surface area contributed by atoms with E-state index in [9.17, 15) is 24.3 Å². The van der Waals surface area contributed by atoms with Crippen molar-refractivity contribution in [2.24, 2.45) is 0 Å². The third-order valence-electron chi connectivity index (χ3n) is 12.5. The molecule has 12 nitrogen and oxygen atoms in total. The maximum Gasteiger partial charge on any atom is 0.337 e. The summed E-state index contributed by atoms with van der Waals surface area (Å²) in [7, 11) is 1.37. The summed E-state index contributed by atoms with van der Waals surface area (Å²) in [6.45, 7) is 2.71. The van der Waals surface area contributed by atoms with Crippen LogP contribution >= 0.6 is 0 Å². The van der Waals surface area contributed by atoms with Crippen molar-refractivity contribution in [3.8, 4) is 22.3 Å². The fourth-order valence-corrected chi connectivity index (χ4v) is 8.77. The summed E-state index contributed by atoms with van der Waals surface area (Å²) in [5, 5.41) is 9.18. The molecule has 65 heavy (non-hydrogen) atoms. The van der Waals surface area contributed by atoms with Gasteiger partial charge in [-0.3, -0.25) is 9.59 Å². The molecule has 0 atom stereocenters. The van der Waals surface area contributed by atoms with Crippen molar-refractivity contribution in [1.82, 2.24) is 29.7 Å². The third kappa shape index (κ3) is 9.42. The Hall–Kier alpha value is -7.86. The number of aromatic amines is 2. The van der Waals surface area contributed by atoms with Gasteiger partial charge in [0.15, 0.2) is 0 Å². The fourth-order valence-electron chi connectivity index (χ4n) is 8.77. The molecule has 0 spiro atoms. The molecule has 2 aliphatic rings. The van der Waals surface area contributed by atoms with E-state index in [2.05, 4.69) is 39.2 Å².